The Morgan fingerprint density at radius 1 is 1.53 bits per heavy atom. The lowest BCUT2D eigenvalue weighted by Gasteiger charge is -2.31. The van der Waals surface area contributed by atoms with E-state index in [1.165, 1.54) is 0 Å². The third-order valence-electron chi connectivity index (χ3n) is 3.19. The molecule has 0 spiro atoms. The van der Waals surface area contributed by atoms with Crippen molar-refractivity contribution in [1.82, 2.24) is 15.2 Å². The summed E-state index contributed by atoms with van der Waals surface area (Å²) in [7, 11) is 0. The van der Waals surface area contributed by atoms with Crippen LogP contribution in [0.3, 0.4) is 0 Å². The molecule has 19 heavy (non-hydrogen) atoms. The maximum absolute atomic E-state index is 11.7. The maximum atomic E-state index is 11.7. The van der Waals surface area contributed by atoms with Gasteiger partial charge in [0, 0.05) is 13.1 Å². The van der Waals surface area contributed by atoms with Crippen molar-refractivity contribution < 1.29 is 9.53 Å². The fourth-order valence-corrected chi connectivity index (χ4v) is 2.15. The van der Waals surface area contributed by atoms with Crippen LogP contribution in [-0.2, 0) is 9.53 Å². The molecule has 0 amide bonds. The number of esters is 1. The number of aromatic nitrogens is 3. The number of nitrogens with zero attached hydrogens (tertiary/aromatic N) is 3. The van der Waals surface area contributed by atoms with Gasteiger partial charge in [-0.25, -0.2) is 0 Å². The summed E-state index contributed by atoms with van der Waals surface area (Å²) in [6.07, 6.45) is 1.67. The smallest absolute Gasteiger partial charge is 0.310 e. The first kappa shape index (κ1) is 13.5. The Labute approximate surface area is 111 Å². The molecule has 0 unspecified atom stereocenters. The summed E-state index contributed by atoms with van der Waals surface area (Å²) in [6, 6.07) is 0. The van der Waals surface area contributed by atoms with Crippen molar-refractivity contribution in [2.45, 2.75) is 26.7 Å². The van der Waals surface area contributed by atoms with Gasteiger partial charge in [-0.3, -0.25) is 14.6 Å². The molecular weight excluding hydrogens is 248 g/mol. The first-order chi connectivity index (χ1) is 9.11. The van der Waals surface area contributed by atoms with Crippen LogP contribution < -0.4 is 10.5 Å². The summed E-state index contributed by atoms with van der Waals surface area (Å²) < 4.78 is 5.03. The minimum atomic E-state index is -0.247. The third-order valence-corrected chi connectivity index (χ3v) is 3.19. The van der Waals surface area contributed by atoms with Crippen molar-refractivity contribution in [3.05, 3.63) is 16.0 Å². The van der Waals surface area contributed by atoms with Gasteiger partial charge >= 0.3 is 5.97 Å². The summed E-state index contributed by atoms with van der Waals surface area (Å²) in [5.74, 6) is 0.0690. The zero-order valence-electron chi connectivity index (χ0n) is 11.2. The second-order valence-corrected chi connectivity index (χ2v) is 4.60. The number of rotatable bonds is 3. The number of anilines is 1. The summed E-state index contributed by atoms with van der Waals surface area (Å²) in [6.45, 7) is 5.04. The van der Waals surface area contributed by atoms with E-state index in [4.69, 9.17) is 4.74 Å². The number of aromatic amines is 1. The third kappa shape index (κ3) is 3.10. The molecule has 2 heterocycles. The first-order valence-electron chi connectivity index (χ1n) is 6.47. The number of hydrogen-bond donors (Lipinski definition) is 1. The molecule has 0 aliphatic carbocycles. The van der Waals surface area contributed by atoms with Crippen molar-refractivity contribution >= 4 is 11.9 Å². The lowest BCUT2D eigenvalue weighted by atomic mass is 9.98. The summed E-state index contributed by atoms with van der Waals surface area (Å²) in [5, 5.41) is 7.78. The molecule has 1 atom stereocenters. The van der Waals surface area contributed by atoms with E-state index < -0.39 is 0 Å². The highest BCUT2D eigenvalue weighted by Gasteiger charge is 2.28. The number of piperidine rings is 1. The van der Waals surface area contributed by atoms with Gasteiger partial charge in [-0.1, -0.05) is 0 Å². The molecule has 1 saturated heterocycles. The van der Waals surface area contributed by atoms with E-state index >= 15 is 0 Å². The van der Waals surface area contributed by atoms with E-state index in [0.29, 0.717) is 24.8 Å². The molecule has 1 N–H and O–H groups in total. The van der Waals surface area contributed by atoms with Crippen LogP contribution in [0, 0.1) is 12.8 Å². The van der Waals surface area contributed by atoms with E-state index in [0.717, 1.165) is 19.4 Å². The van der Waals surface area contributed by atoms with E-state index in [9.17, 15) is 9.59 Å². The van der Waals surface area contributed by atoms with Gasteiger partial charge in [0.25, 0.3) is 5.56 Å². The Morgan fingerprint density at radius 3 is 3.00 bits per heavy atom. The second-order valence-electron chi connectivity index (χ2n) is 4.60. The maximum Gasteiger partial charge on any atom is 0.310 e. The fraction of sp³-hybridized carbons (Fsp3) is 0.667. The van der Waals surface area contributed by atoms with E-state index in [1.807, 2.05) is 4.90 Å². The summed E-state index contributed by atoms with van der Waals surface area (Å²) >= 11 is 0. The molecule has 1 aliphatic heterocycles. The second kappa shape index (κ2) is 5.81. The molecule has 0 saturated carbocycles. The molecule has 2 rings (SSSR count). The van der Waals surface area contributed by atoms with Crippen molar-refractivity contribution in [3.8, 4) is 0 Å². The molecule has 0 aromatic carbocycles. The average Bonchev–Trinajstić information content (AvgIpc) is 2.42. The van der Waals surface area contributed by atoms with Crippen LogP contribution in [0.25, 0.3) is 0 Å². The lowest BCUT2D eigenvalue weighted by molar-refractivity contribution is -0.148. The van der Waals surface area contributed by atoms with Crippen LogP contribution in [0.1, 0.15) is 25.5 Å². The van der Waals surface area contributed by atoms with Crippen molar-refractivity contribution in [2.75, 3.05) is 24.6 Å². The van der Waals surface area contributed by atoms with Gasteiger partial charge in [0.2, 0.25) is 5.95 Å². The number of hydrogen-bond acceptors (Lipinski definition) is 6. The molecule has 1 aliphatic rings. The molecular formula is C12H18N4O3. The number of nitrogens with one attached hydrogen (secondary N) is 1. The molecule has 1 aromatic heterocycles. The molecule has 0 radical (unpaired) electrons. The highest BCUT2D eigenvalue weighted by atomic mass is 16.5. The van der Waals surface area contributed by atoms with E-state index in [1.54, 1.807) is 13.8 Å². The van der Waals surface area contributed by atoms with Gasteiger partial charge in [0.15, 0.2) is 0 Å². The van der Waals surface area contributed by atoms with Gasteiger partial charge in [0.05, 0.1) is 12.5 Å². The predicted molar refractivity (Wildman–Crippen MR) is 69.0 cm³/mol. The number of carbonyl (C=O) groups is 1. The number of ether oxygens (including phenoxy) is 1. The highest BCUT2D eigenvalue weighted by Crippen LogP contribution is 2.20. The number of aryl methyl sites for hydroxylation is 1. The highest BCUT2D eigenvalue weighted by molar-refractivity contribution is 5.73. The monoisotopic (exact) mass is 266 g/mol. The van der Waals surface area contributed by atoms with Gasteiger partial charge in [-0.15, -0.1) is 10.2 Å². The Morgan fingerprint density at radius 2 is 2.32 bits per heavy atom. The zero-order valence-corrected chi connectivity index (χ0v) is 11.2. The average molecular weight is 266 g/mol. The fourth-order valence-electron chi connectivity index (χ4n) is 2.15. The van der Waals surface area contributed by atoms with Crippen LogP contribution in [0.5, 0.6) is 0 Å². The quantitative estimate of drug-likeness (QED) is 0.789. The van der Waals surface area contributed by atoms with Crippen molar-refractivity contribution in [1.29, 1.82) is 0 Å². The van der Waals surface area contributed by atoms with Gasteiger partial charge < -0.3 is 9.64 Å². The predicted octanol–water partition coefficient (Wildman–Crippen LogP) is 0.253. The van der Waals surface area contributed by atoms with Gasteiger partial charge in [-0.2, -0.15) is 0 Å². The van der Waals surface area contributed by atoms with Gasteiger partial charge in [-0.05, 0) is 26.7 Å². The standard InChI is InChI=1S/C12H18N4O3/c1-3-19-11(18)9-5-4-6-16(7-9)12-13-10(17)8(2)14-15-12/h9H,3-7H2,1-2H3,(H,13,15,17)/t9-/m1/s1. The van der Waals surface area contributed by atoms with Crippen molar-refractivity contribution in [3.63, 3.8) is 0 Å². The normalized spacial score (nSPS) is 19.3. The topological polar surface area (TPSA) is 88.2 Å². The molecule has 1 fully saturated rings. The minimum Gasteiger partial charge on any atom is -0.466 e. The Hall–Kier alpha value is -1.92. The van der Waals surface area contributed by atoms with Crippen LogP contribution in [0.15, 0.2) is 4.79 Å². The van der Waals surface area contributed by atoms with E-state index in [2.05, 4.69) is 15.2 Å². The largest absolute Gasteiger partial charge is 0.466 e. The molecule has 104 valence electrons. The van der Waals surface area contributed by atoms with Crippen LogP contribution in [0.4, 0.5) is 5.95 Å². The Balaban J connectivity index is 2.10. The first-order valence-corrected chi connectivity index (χ1v) is 6.47. The van der Waals surface area contributed by atoms with Crippen LogP contribution in [-0.4, -0.2) is 40.8 Å². The van der Waals surface area contributed by atoms with Crippen LogP contribution in [0.2, 0.25) is 0 Å². The lowest BCUT2D eigenvalue weighted by Crippen LogP contribution is -2.41. The number of carbonyl (C=O) groups excluding carboxylic acids is 1. The summed E-state index contributed by atoms with van der Waals surface area (Å²) in [4.78, 5) is 27.8. The van der Waals surface area contributed by atoms with Crippen LogP contribution >= 0.6 is 0 Å². The minimum absolute atomic E-state index is 0.166. The Bertz CT molecular complexity index is 514. The Kier molecular flexibility index (Phi) is 4.13. The molecule has 7 nitrogen and oxygen atoms in total. The molecule has 7 heteroatoms. The summed E-state index contributed by atoms with van der Waals surface area (Å²) in [5.41, 5.74) is 0.0889. The van der Waals surface area contributed by atoms with Gasteiger partial charge in [0.1, 0.15) is 5.69 Å². The van der Waals surface area contributed by atoms with E-state index in [-0.39, 0.29) is 17.4 Å². The molecule has 0 bridgehead atoms. The number of H-pyrrole nitrogens is 1. The molecule has 1 aromatic rings. The van der Waals surface area contributed by atoms with Crippen molar-refractivity contribution in [2.24, 2.45) is 5.92 Å². The SMILES string of the molecule is CCOC(=O)[C@@H]1CCCN(c2nnc(C)c(=O)[nH]2)C1. The zero-order chi connectivity index (χ0) is 13.8.